The second kappa shape index (κ2) is 5.06. The number of rotatable bonds is 2. The Kier molecular flexibility index (Phi) is 4.01. The molecular weight excluding hydrogens is 234 g/mol. The number of halogens is 1. The van der Waals surface area contributed by atoms with Gasteiger partial charge in [0.05, 0.1) is 18.2 Å². The van der Waals surface area contributed by atoms with E-state index < -0.39 is 5.97 Å². The lowest BCUT2D eigenvalue weighted by molar-refractivity contribution is 0.0596. The van der Waals surface area contributed by atoms with Gasteiger partial charge in [0.15, 0.2) is 0 Å². The Balaban J connectivity index is 3.47. The summed E-state index contributed by atoms with van der Waals surface area (Å²) in [5.74, 6) is -0.412. The lowest BCUT2D eigenvalue weighted by Gasteiger charge is -2.08. The van der Waals surface area contributed by atoms with Crippen LogP contribution in [0.1, 0.15) is 21.5 Å². The van der Waals surface area contributed by atoms with Gasteiger partial charge in [-0.1, -0.05) is 6.07 Å². The molecule has 0 saturated carbocycles. The number of nitrogens with zero attached hydrogens (tertiary/aromatic N) is 1. The van der Waals surface area contributed by atoms with Gasteiger partial charge in [0.1, 0.15) is 6.07 Å². The normalized spacial score (nSPS) is 9.47. The Morgan fingerprint density at radius 3 is 2.80 bits per heavy atom. The summed E-state index contributed by atoms with van der Waals surface area (Å²) in [7, 11) is 1.25. The zero-order valence-electron chi connectivity index (χ0n) is 7.95. The highest BCUT2D eigenvalue weighted by Crippen LogP contribution is 2.23. The molecule has 0 bridgehead atoms. The molecular formula is C10H8ClNO2S. The minimum atomic E-state index is -0.580. The van der Waals surface area contributed by atoms with E-state index in [0.717, 1.165) is 0 Å². The minimum absolute atomic E-state index is 0.168. The molecule has 0 spiro atoms. The van der Waals surface area contributed by atoms with E-state index in [4.69, 9.17) is 16.9 Å². The predicted molar refractivity (Wildman–Crippen MR) is 59.3 cm³/mol. The summed E-state index contributed by atoms with van der Waals surface area (Å²) in [4.78, 5) is 11.8. The Hall–Kier alpha value is -1.18. The number of ether oxygens (including phenoxy) is 1. The van der Waals surface area contributed by atoms with Crippen molar-refractivity contribution in [2.45, 2.75) is 10.8 Å². The molecule has 0 aromatic heterocycles. The van der Waals surface area contributed by atoms with Crippen molar-refractivity contribution in [2.75, 3.05) is 7.11 Å². The second-order valence-electron chi connectivity index (χ2n) is 2.73. The number of esters is 1. The van der Waals surface area contributed by atoms with Crippen LogP contribution in [0.5, 0.6) is 0 Å². The van der Waals surface area contributed by atoms with Crippen LogP contribution in [-0.4, -0.2) is 13.1 Å². The van der Waals surface area contributed by atoms with Crippen molar-refractivity contribution in [1.82, 2.24) is 0 Å². The Morgan fingerprint density at radius 2 is 2.33 bits per heavy atom. The van der Waals surface area contributed by atoms with Gasteiger partial charge in [-0.05, 0) is 11.6 Å². The molecule has 0 radical (unpaired) electrons. The highest BCUT2D eigenvalue weighted by molar-refractivity contribution is 7.80. The number of methoxy groups -OCH3 is 1. The summed E-state index contributed by atoms with van der Waals surface area (Å²) in [5.41, 5.74) is 0.989. The number of carbonyl (C=O) groups is 1. The van der Waals surface area contributed by atoms with Crippen molar-refractivity contribution in [3.63, 3.8) is 0 Å². The van der Waals surface area contributed by atoms with Crippen molar-refractivity contribution in [1.29, 1.82) is 5.26 Å². The zero-order valence-corrected chi connectivity index (χ0v) is 9.60. The highest BCUT2D eigenvalue weighted by atomic mass is 35.5. The van der Waals surface area contributed by atoms with Gasteiger partial charge in [-0.25, -0.2) is 4.79 Å². The number of hydrogen-bond acceptors (Lipinski definition) is 4. The van der Waals surface area contributed by atoms with Gasteiger partial charge in [0.25, 0.3) is 0 Å². The molecule has 0 unspecified atom stereocenters. The van der Waals surface area contributed by atoms with Crippen molar-refractivity contribution in [3.05, 3.63) is 28.8 Å². The summed E-state index contributed by atoms with van der Waals surface area (Å²) in [5, 5.41) is 8.95. The number of hydrogen-bond donors (Lipinski definition) is 1. The van der Waals surface area contributed by atoms with Crippen LogP contribution in [0.2, 0.25) is 0 Å². The quantitative estimate of drug-likeness (QED) is 0.491. The molecule has 0 aliphatic rings. The molecule has 0 aliphatic carbocycles. The SMILES string of the molecule is COC(=O)c1c(S)ccc(CCl)c1C#N. The largest absolute Gasteiger partial charge is 0.465 e. The summed E-state index contributed by atoms with van der Waals surface area (Å²) >= 11 is 9.76. The third kappa shape index (κ3) is 2.25. The topological polar surface area (TPSA) is 50.1 Å². The molecule has 0 fully saturated rings. The third-order valence-electron chi connectivity index (χ3n) is 1.91. The first kappa shape index (κ1) is 11.9. The summed E-state index contributed by atoms with van der Waals surface area (Å²) in [6, 6.07) is 5.22. The molecule has 78 valence electrons. The number of nitriles is 1. The summed E-state index contributed by atoms with van der Waals surface area (Å²) in [6.07, 6.45) is 0. The number of thiol groups is 1. The van der Waals surface area contributed by atoms with Crippen LogP contribution in [0.25, 0.3) is 0 Å². The smallest absolute Gasteiger partial charge is 0.340 e. The molecule has 0 saturated heterocycles. The second-order valence-corrected chi connectivity index (χ2v) is 3.48. The minimum Gasteiger partial charge on any atom is -0.465 e. The third-order valence-corrected chi connectivity index (χ3v) is 2.58. The van der Waals surface area contributed by atoms with Crippen LogP contribution in [0.4, 0.5) is 0 Å². The Morgan fingerprint density at radius 1 is 1.67 bits per heavy atom. The summed E-state index contributed by atoms with van der Waals surface area (Å²) < 4.78 is 4.58. The average Bonchev–Trinajstić information content (AvgIpc) is 2.27. The van der Waals surface area contributed by atoms with Crippen molar-refractivity contribution in [3.8, 4) is 6.07 Å². The molecule has 1 aromatic rings. The molecule has 1 aromatic carbocycles. The van der Waals surface area contributed by atoms with Crippen LogP contribution in [0, 0.1) is 11.3 Å². The first-order valence-electron chi connectivity index (χ1n) is 4.05. The zero-order chi connectivity index (χ0) is 11.4. The molecule has 0 atom stereocenters. The van der Waals surface area contributed by atoms with E-state index in [-0.39, 0.29) is 17.0 Å². The highest BCUT2D eigenvalue weighted by Gasteiger charge is 2.18. The van der Waals surface area contributed by atoms with Gasteiger partial charge < -0.3 is 4.74 Å². The molecule has 0 N–H and O–H groups in total. The fraction of sp³-hybridized carbons (Fsp3) is 0.200. The predicted octanol–water partition coefficient (Wildman–Crippen LogP) is 2.37. The van der Waals surface area contributed by atoms with Crippen molar-refractivity contribution in [2.24, 2.45) is 0 Å². The van der Waals surface area contributed by atoms with E-state index in [0.29, 0.717) is 10.5 Å². The molecule has 0 aliphatic heterocycles. The average molecular weight is 242 g/mol. The van der Waals surface area contributed by atoms with Gasteiger partial charge in [-0.15, -0.1) is 24.2 Å². The van der Waals surface area contributed by atoms with E-state index in [2.05, 4.69) is 17.4 Å². The fourth-order valence-corrected chi connectivity index (χ4v) is 1.68. The maximum atomic E-state index is 11.4. The maximum Gasteiger partial charge on any atom is 0.340 e. The van der Waals surface area contributed by atoms with Crippen LogP contribution in [-0.2, 0) is 10.6 Å². The van der Waals surface area contributed by atoms with Gasteiger partial charge >= 0.3 is 5.97 Å². The first-order chi connectivity index (χ1) is 7.15. The van der Waals surface area contributed by atoms with Crippen molar-refractivity contribution < 1.29 is 9.53 Å². The van der Waals surface area contributed by atoms with E-state index in [1.807, 2.05) is 6.07 Å². The van der Waals surface area contributed by atoms with Crippen LogP contribution >= 0.6 is 24.2 Å². The molecule has 1 rings (SSSR count). The van der Waals surface area contributed by atoms with Gasteiger partial charge in [-0.2, -0.15) is 5.26 Å². The number of alkyl halides is 1. The van der Waals surface area contributed by atoms with Crippen LogP contribution < -0.4 is 0 Å². The molecule has 0 heterocycles. The first-order valence-corrected chi connectivity index (χ1v) is 5.03. The lowest BCUT2D eigenvalue weighted by Crippen LogP contribution is -2.07. The van der Waals surface area contributed by atoms with Crippen LogP contribution in [0.15, 0.2) is 17.0 Å². The van der Waals surface area contributed by atoms with E-state index >= 15 is 0 Å². The standard InChI is InChI=1S/C10H8ClNO2S/c1-14-10(13)9-7(5-12)6(4-11)2-3-8(9)15/h2-3,15H,4H2,1H3. The van der Waals surface area contributed by atoms with Crippen molar-refractivity contribution >= 4 is 30.2 Å². The Labute approximate surface area is 98.0 Å². The Bertz CT molecular complexity index is 440. The lowest BCUT2D eigenvalue weighted by atomic mass is 10.0. The van der Waals surface area contributed by atoms with E-state index in [1.165, 1.54) is 7.11 Å². The molecule has 0 amide bonds. The molecule has 5 heteroatoms. The van der Waals surface area contributed by atoms with Crippen LogP contribution in [0.3, 0.4) is 0 Å². The molecule has 15 heavy (non-hydrogen) atoms. The number of carbonyl (C=O) groups excluding carboxylic acids is 1. The van der Waals surface area contributed by atoms with Gasteiger partial charge in [-0.3, -0.25) is 0 Å². The molecule has 3 nitrogen and oxygen atoms in total. The fourth-order valence-electron chi connectivity index (χ4n) is 1.18. The monoisotopic (exact) mass is 241 g/mol. The summed E-state index contributed by atoms with van der Waals surface area (Å²) in [6.45, 7) is 0. The van der Waals surface area contributed by atoms with Gasteiger partial charge in [0, 0.05) is 10.8 Å². The van der Waals surface area contributed by atoms with Gasteiger partial charge in [0.2, 0.25) is 0 Å². The number of benzene rings is 1. The maximum absolute atomic E-state index is 11.4. The van der Waals surface area contributed by atoms with E-state index in [1.54, 1.807) is 12.1 Å². The van der Waals surface area contributed by atoms with E-state index in [9.17, 15) is 4.79 Å².